The quantitative estimate of drug-likeness (QED) is 0.315. The highest BCUT2D eigenvalue weighted by Gasteiger charge is 2.22. The van der Waals surface area contributed by atoms with Gasteiger partial charge in [-0.2, -0.15) is 10.2 Å². The van der Waals surface area contributed by atoms with Crippen LogP contribution in [0.25, 0.3) is 0 Å². The smallest absolute Gasteiger partial charge is 0.307 e. The second-order valence-corrected chi connectivity index (χ2v) is 7.63. The van der Waals surface area contributed by atoms with Gasteiger partial charge in [0.25, 0.3) is 5.91 Å². The minimum atomic E-state index is -0.550. The molecule has 3 aromatic heterocycles. The van der Waals surface area contributed by atoms with Crippen LogP contribution in [0.1, 0.15) is 27.4 Å². The van der Waals surface area contributed by atoms with E-state index in [1.165, 1.54) is 10.9 Å². The summed E-state index contributed by atoms with van der Waals surface area (Å²) in [7, 11) is 0. The van der Waals surface area contributed by atoms with Gasteiger partial charge in [0.15, 0.2) is 11.5 Å². The number of anilines is 1. The first-order valence-corrected chi connectivity index (χ1v) is 9.96. The number of hydrogen-bond donors (Lipinski definition) is 1. The summed E-state index contributed by atoms with van der Waals surface area (Å²) in [6.45, 7) is 2.15. The first-order valence-electron chi connectivity index (χ1n) is 9.21. The Labute approximate surface area is 190 Å². The van der Waals surface area contributed by atoms with Crippen molar-refractivity contribution in [1.29, 1.82) is 0 Å². The van der Waals surface area contributed by atoms with Crippen molar-refractivity contribution in [3.05, 3.63) is 85.6 Å². The van der Waals surface area contributed by atoms with Gasteiger partial charge < -0.3 is 9.84 Å². The molecule has 1 amide bonds. The van der Waals surface area contributed by atoms with Gasteiger partial charge in [0.1, 0.15) is 18.2 Å². The molecule has 4 aromatic rings. The van der Waals surface area contributed by atoms with Crippen LogP contribution in [0.15, 0.2) is 47.4 Å². The van der Waals surface area contributed by atoms with Gasteiger partial charge >= 0.3 is 5.69 Å². The molecule has 0 aliphatic carbocycles. The summed E-state index contributed by atoms with van der Waals surface area (Å²) in [5, 5.41) is 26.5. The van der Waals surface area contributed by atoms with Gasteiger partial charge in [0.2, 0.25) is 0 Å². The fourth-order valence-corrected chi connectivity index (χ4v) is 3.29. The van der Waals surface area contributed by atoms with E-state index in [1.807, 2.05) is 6.07 Å². The highest BCUT2D eigenvalue weighted by molar-refractivity contribution is 6.42. The molecule has 0 saturated carbocycles. The van der Waals surface area contributed by atoms with Crippen LogP contribution in [0, 0.1) is 17.0 Å². The third-order valence-corrected chi connectivity index (χ3v) is 5.30. The van der Waals surface area contributed by atoms with E-state index in [-0.39, 0.29) is 17.9 Å². The van der Waals surface area contributed by atoms with Crippen LogP contribution < -0.4 is 5.32 Å². The van der Waals surface area contributed by atoms with Crippen molar-refractivity contribution in [3.8, 4) is 0 Å². The third kappa shape index (κ3) is 4.63. The molecule has 3 heterocycles. The summed E-state index contributed by atoms with van der Waals surface area (Å²) in [5.41, 5.74) is 1.23. The molecule has 164 valence electrons. The third-order valence-electron chi connectivity index (χ3n) is 4.56. The van der Waals surface area contributed by atoms with Crippen LogP contribution in [-0.2, 0) is 13.1 Å². The molecule has 0 fully saturated rings. The first-order chi connectivity index (χ1) is 15.3. The maximum absolute atomic E-state index is 12.7. The average Bonchev–Trinajstić information content (AvgIpc) is 3.47. The molecule has 0 bridgehead atoms. The number of aromatic nitrogens is 5. The van der Waals surface area contributed by atoms with Crippen molar-refractivity contribution >= 4 is 40.6 Å². The molecule has 0 atom stereocenters. The lowest BCUT2D eigenvalue weighted by Crippen LogP contribution is -2.16. The molecule has 0 aliphatic rings. The number of nitro groups is 1. The number of halogens is 2. The number of hydrogen-bond acceptors (Lipinski definition) is 7. The topological polar surface area (TPSA) is 134 Å². The number of rotatable bonds is 7. The number of amides is 1. The number of carbonyl (C=O) groups is 1. The highest BCUT2D eigenvalue weighted by atomic mass is 35.5. The molecule has 0 aliphatic heterocycles. The van der Waals surface area contributed by atoms with Crippen LogP contribution in [0.5, 0.6) is 0 Å². The molecule has 0 saturated heterocycles. The van der Waals surface area contributed by atoms with Gasteiger partial charge in [-0.05, 0) is 24.6 Å². The van der Waals surface area contributed by atoms with E-state index in [0.717, 1.165) is 11.8 Å². The minimum Gasteiger partial charge on any atom is -0.361 e. The predicted molar refractivity (Wildman–Crippen MR) is 115 cm³/mol. The Balaban J connectivity index is 1.46. The molecule has 11 nitrogen and oxygen atoms in total. The monoisotopic (exact) mass is 475 g/mol. The van der Waals surface area contributed by atoms with Crippen molar-refractivity contribution in [2.75, 3.05) is 5.32 Å². The van der Waals surface area contributed by atoms with Crippen LogP contribution in [-0.4, -0.2) is 35.5 Å². The molecule has 13 heteroatoms. The largest absolute Gasteiger partial charge is 0.361 e. The van der Waals surface area contributed by atoms with Gasteiger partial charge in [0, 0.05) is 17.8 Å². The number of nitrogens with one attached hydrogen (secondary N) is 1. The Morgan fingerprint density at radius 2 is 2.03 bits per heavy atom. The fourth-order valence-electron chi connectivity index (χ4n) is 2.97. The van der Waals surface area contributed by atoms with Gasteiger partial charge in [-0.25, -0.2) is 0 Å². The van der Waals surface area contributed by atoms with Crippen LogP contribution in [0.3, 0.4) is 0 Å². The standard InChI is InChI=1S/C19H15Cl2N7O4/c1-11-14(10-27-9-13(7-22-27)28(30)31)18(25-32-11)19(29)23-17-4-5-26(24-17)8-12-2-3-15(20)16(21)6-12/h2-7,9H,8,10H2,1H3,(H,23,24,29). The number of nitrogens with zero attached hydrogens (tertiary/aromatic N) is 6. The molecular formula is C19H15Cl2N7O4. The van der Waals surface area contributed by atoms with Crippen molar-refractivity contribution < 1.29 is 14.2 Å². The van der Waals surface area contributed by atoms with Gasteiger partial charge in [-0.15, -0.1) is 0 Å². The maximum Gasteiger partial charge on any atom is 0.307 e. The molecule has 1 N–H and O–H groups in total. The fraction of sp³-hybridized carbons (Fsp3) is 0.158. The van der Waals surface area contributed by atoms with E-state index in [9.17, 15) is 14.9 Å². The number of benzene rings is 1. The molecule has 32 heavy (non-hydrogen) atoms. The zero-order valence-electron chi connectivity index (χ0n) is 16.5. The molecule has 0 spiro atoms. The summed E-state index contributed by atoms with van der Waals surface area (Å²) < 4.78 is 8.12. The lowest BCUT2D eigenvalue weighted by Gasteiger charge is -2.05. The Morgan fingerprint density at radius 1 is 1.22 bits per heavy atom. The summed E-state index contributed by atoms with van der Waals surface area (Å²) in [4.78, 5) is 23.0. The summed E-state index contributed by atoms with van der Waals surface area (Å²) in [6.07, 6.45) is 4.10. The zero-order valence-corrected chi connectivity index (χ0v) is 18.0. The molecule has 1 aromatic carbocycles. The van der Waals surface area contributed by atoms with Crippen LogP contribution >= 0.6 is 23.2 Å². The Morgan fingerprint density at radius 3 is 2.75 bits per heavy atom. The van der Waals surface area contributed by atoms with E-state index in [4.69, 9.17) is 27.7 Å². The molecule has 0 radical (unpaired) electrons. The molecular weight excluding hydrogens is 461 g/mol. The second-order valence-electron chi connectivity index (χ2n) is 6.82. The Bertz CT molecular complexity index is 1310. The predicted octanol–water partition coefficient (Wildman–Crippen LogP) is 3.94. The van der Waals surface area contributed by atoms with Crippen molar-refractivity contribution in [2.45, 2.75) is 20.0 Å². The normalized spacial score (nSPS) is 11.0. The Kier molecular flexibility index (Phi) is 5.93. The van der Waals surface area contributed by atoms with Gasteiger partial charge in [0.05, 0.1) is 28.1 Å². The highest BCUT2D eigenvalue weighted by Crippen LogP contribution is 2.23. The first kappa shape index (κ1) is 21.5. The molecule has 4 rings (SSSR count). The van der Waals surface area contributed by atoms with E-state index >= 15 is 0 Å². The van der Waals surface area contributed by atoms with E-state index in [0.29, 0.717) is 33.7 Å². The van der Waals surface area contributed by atoms with E-state index < -0.39 is 10.8 Å². The van der Waals surface area contributed by atoms with Crippen molar-refractivity contribution in [2.24, 2.45) is 0 Å². The zero-order chi connectivity index (χ0) is 22.8. The number of carbonyl (C=O) groups excluding carboxylic acids is 1. The lowest BCUT2D eigenvalue weighted by atomic mass is 10.2. The summed E-state index contributed by atoms with van der Waals surface area (Å²) >= 11 is 12.0. The van der Waals surface area contributed by atoms with Gasteiger partial charge in [-0.3, -0.25) is 24.3 Å². The average molecular weight is 476 g/mol. The van der Waals surface area contributed by atoms with E-state index in [2.05, 4.69) is 20.7 Å². The molecule has 0 unspecified atom stereocenters. The Hall–Kier alpha value is -3.70. The van der Waals surface area contributed by atoms with Crippen molar-refractivity contribution in [1.82, 2.24) is 24.7 Å². The van der Waals surface area contributed by atoms with Crippen LogP contribution in [0.4, 0.5) is 11.5 Å². The lowest BCUT2D eigenvalue weighted by molar-refractivity contribution is -0.385. The maximum atomic E-state index is 12.7. The minimum absolute atomic E-state index is 0.0414. The summed E-state index contributed by atoms with van der Waals surface area (Å²) in [5.74, 6) is 0.188. The van der Waals surface area contributed by atoms with Gasteiger partial charge in [-0.1, -0.05) is 34.4 Å². The van der Waals surface area contributed by atoms with Crippen LogP contribution in [0.2, 0.25) is 10.0 Å². The summed E-state index contributed by atoms with van der Waals surface area (Å²) in [6, 6.07) is 6.92. The van der Waals surface area contributed by atoms with E-state index in [1.54, 1.807) is 36.0 Å². The van der Waals surface area contributed by atoms with Crippen molar-refractivity contribution in [3.63, 3.8) is 0 Å². The SMILES string of the molecule is Cc1onc(C(=O)Nc2ccn(Cc3ccc(Cl)c(Cl)c3)n2)c1Cn1cc([N+](=O)[O-])cn1. The number of aryl methyl sites for hydroxylation is 1. The second kappa shape index (κ2) is 8.81.